The molecule has 0 saturated carbocycles. The van der Waals surface area contributed by atoms with Crippen LogP contribution in [0.25, 0.3) is 11.6 Å². The van der Waals surface area contributed by atoms with Crippen LogP contribution in [0.3, 0.4) is 0 Å². The normalized spacial score (nSPS) is 15.6. The minimum Gasteiger partial charge on any atom is -0.768 e. The monoisotopic (exact) mass is 233 g/mol. The van der Waals surface area contributed by atoms with Crippen molar-refractivity contribution in [2.75, 3.05) is 0 Å². The van der Waals surface area contributed by atoms with Crippen LogP contribution in [0.15, 0.2) is 29.2 Å². The molecule has 1 aliphatic rings. The van der Waals surface area contributed by atoms with Crippen LogP contribution in [0.4, 0.5) is 0 Å². The van der Waals surface area contributed by atoms with Gasteiger partial charge in [-0.3, -0.25) is 9.00 Å². The summed E-state index contributed by atoms with van der Waals surface area (Å²) in [5, 5.41) is 0. The number of benzene rings is 1. The van der Waals surface area contributed by atoms with Crippen LogP contribution < -0.4 is 0 Å². The van der Waals surface area contributed by atoms with Gasteiger partial charge in [0.15, 0.2) is 0 Å². The Kier molecular flexibility index (Phi) is 2.62. The van der Waals surface area contributed by atoms with E-state index >= 15 is 0 Å². The lowest BCUT2D eigenvalue weighted by atomic mass is 9.95. The highest BCUT2D eigenvalue weighted by molar-refractivity contribution is 7.79. The highest BCUT2D eigenvalue weighted by atomic mass is 32.2. The van der Waals surface area contributed by atoms with Gasteiger partial charge in [0.2, 0.25) is 0 Å². The van der Waals surface area contributed by atoms with Gasteiger partial charge < -0.3 is 10.1 Å². The van der Waals surface area contributed by atoms with Gasteiger partial charge in [-0.2, -0.15) is 4.79 Å². The molecule has 0 fully saturated rings. The van der Waals surface area contributed by atoms with Crippen molar-refractivity contribution >= 4 is 28.7 Å². The van der Waals surface area contributed by atoms with Crippen molar-refractivity contribution in [2.45, 2.75) is 4.90 Å². The third kappa shape index (κ3) is 1.55. The van der Waals surface area contributed by atoms with Crippen molar-refractivity contribution in [1.29, 1.82) is 0 Å². The third-order valence-electron chi connectivity index (χ3n) is 2.23. The highest BCUT2D eigenvalue weighted by Crippen LogP contribution is 2.23. The number of carbonyl (C=O) groups is 1. The zero-order chi connectivity index (χ0) is 11.7. The first-order valence-electron chi connectivity index (χ1n) is 4.32. The summed E-state index contributed by atoms with van der Waals surface area (Å²) >= 11 is -2.50. The molecule has 2 rings (SSSR count). The SMILES string of the molecule is [N-]=[N+]=C1C=Cc2cccc(S(=O)[O-])c2C1=O. The molecule has 5 nitrogen and oxygen atoms in total. The van der Waals surface area contributed by atoms with Crippen LogP contribution in [-0.2, 0) is 11.1 Å². The van der Waals surface area contributed by atoms with Gasteiger partial charge in [-0.25, -0.2) is 0 Å². The molecule has 1 atom stereocenters. The van der Waals surface area contributed by atoms with E-state index in [0.717, 1.165) is 0 Å². The summed E-state index contributed by atoms with van der Waals surface area (Å²) in [5.41, 5.74) is 8.95. The van der Waals surface area contributed by atoms with Gasteiger partial charge in [-0.15, -0.1) is 0 Å². The van der Waals surface area contributed by atoms with Crippen molar-refractivity contribution in [3.05, 3.63) is 40.9 Å². The Morgan fingerprint density at radius 3 is 2.69 bits per heavy atom. The molecule has 0 saturated heterocycles. The summed E-state index contributed by atoms with van der Waals surface area (Å²) in [5.74, 6) is -0.597. The van der Waals surface area contributed by atoms with E-state index in [9.17, 15) is 13.6 Å². The van der Waals surface area contributed by atoms with E-state index in [2.05, 4.69) is 4.79 Å². The van der Waals surface area contributed by atoms with Crippen LogP contribution in [0.2, 0.25) is 0 Å². The molecule has 16 heavy (non-hydrogen) atoms. The van der Waals surface area contributed by atoms with E-state index in [1.807, 2.05) is 0 Å². The summed E-state index contributed by atoms with van der Waals surface area (Å²) in [6, 6.07) is 4.49. The molecule has 1 unspecified atom stereocenters. The number of rotatable bonds is 1. The van der Waals surface area contributed by atoms with E-state index < -0.39 is 16.9 Å². The molecule has 0 aliphatic heterocycles. The van der Waals surface area contributed by atoms with Gasteiger partial charge in [0.05, 0.1) is 5.56 Å². The van der Waals surface area contributed by atoms with Crippen molar-refractivity contribution in [1.82, 2.24) is 0 Å². The largest absolute Gasteiger partial charge is 0.768 e. The molecule has 80 valence electrons. The second-order valence-electron chi connectivity index (χ2n) is 3.10. The smallest absolute Gasteiger partial charge is 0.362 e. The molecule has 0 N–H and O–H groups in total. The van der Waals surface area contributed by atoms with E-state index in [1.165, 1.54) is 18.2 Å². The Balaban J connectivity index is 2.77. The van der Waals surface area contributed by atoms with Crippen molar-refractivity contribution in [3.8, 4) is 0 Å². The van der Waals surface area contributed by atoms with Gasteiger partial charge >= 0.3 is 5.71 Å². The number of nitrogens with zero attached hydrogens (tertiary/aromatic N) is 2. The predicted octanol–water partition coefficient (Wildman–Crippen LogP) is 0.805. The van der Waals surface area contributed by atoms with Gasteiger partial charge in [-0.05, 0) is 28.8 Å². The minimum atomic E-state index is -2.50. The van der Waals surface area contributed by atoms with Crippen LogP contribution in [0, 0.1) is 0 Å². The number of allylic oxidation sites excluding steroid dienone is 1. The summed E-state index contributed by atoms with van der Waals surface area (Å²) in [7, 11) is 0. The lowest BCUT2D eigenvalue weighted by molar-refractivity contribution is -0.00438. The summed E-state index contributed by atoms with van der Waals surface area (Å²) in [6.45, 7) is 0. The zero-order valence-corrected chi connectivity index (χ0v) is 8.73. The molecule has 0 spiro atoms. The van der Waals surface area contributed by atoms with Crippen LogP contribution >= 0.6 is 0 Å². The quantitative estimate of drug-likeness (QED) is 0.408. The maximum atomic E-state index is 11.8. The topological polar surface area (TPSA) is 93.6 Å². The Bertz CT molecular complexity index is 586. The standard InChI is InChI=1S/C10H6N2O3S/c11-12-7-5-4-6-2-1-3-8(16(14)15)9(6)10(7)13/h1-5H,(H,14,15)/p-1. The van der Waals surface area contributed by atoms with E-state index in [0.29, 0.717) is 5.56 Å². The third-order valence-corrected chi connectivity index (χ3v) is 2.93. The number of hydrogen-bond donors (Lipinski definition) is 0. The second kappa shape index (κ2) is 3.94. The van der Waals surface area contributed by atoms with Gasteiger partial charge in [0.1, 0.15) is 0 Å². The van der Waals surface area contributed by atoms with Gasteiger partial charge in [-0.1, -0.05) is 12.1 Å². The van der Waals surface area contributed by atoms with E-state index in [-0.39, 0.29) is 16.2 Å². The number of Topliss-reactive ketones (excluding diaryl/α,β-unsaturated/α-hetero) is 1. The molecule has 0 amide bonds. The van der Waals surface area contributed by atoms with Crippen molar-refractivity contribution in [2.24, 2.45) is 0 Å². The molecule has 0 aromatic heterocycles. The number of ketones is 1. The lowest BCUT2D eigenvalue weighted by Gasteiger charge is -2.13. The van der Waals surface area contributed by atoms with Crippen molar-refractivity contribution < 1.29 is 18.3 Å². The van der Waals surface area contributed by atoms with Crippen LogP contribution in [0.5, 0.6) is 0 Å². The fraction of sp³-hybridized carbons (Fsp3) is 0. The van der Waals surface area contributed by atoms with E-state index in [1.54, 1.807) is 12.1 Å². The Labute approximate surface area is 93.3 Å². The maximum absolute atomic E-state index is 11.8. The number of fused-ring (bicyclic) bond motifs is 1. The number of carbonyl (C=O) groups excluding carboxylic acids is 1. The second-order valence-corrected chi connectivity index (χ2v) is 4.01. The first-order chi connectivity index (χ1) is 7.65. The van der Waals surface area contributed by atoms with E-state index in [4.69, 9.17) is 5.53 Å². The molecule has 0 radical (unpaired) electrons. The summed E-state index contributed by atoms with van der Waals surface area (Å²) in [6.07, 6.45) is 2.87. The Hall–Kier alpha value is -1.88. The average Bonchev–Trinajstić information content (AvgIpc) is 2.29. The predicted molar refractivity (Wildman–Crippen MR) is 55.6 cm³/mol. The molecular formula is C10H5N2O3S-. The molecule has 1 aromatic rings. The summed E-state index contributed by atoms with van der Waals surface area (Å²) < 4.78 is 21.9. The number of hydrogen-bond acceptors (Lipinski definition) is 3. The first-order valence-corrected chi connectivity index (χ1v) is 5.39. The van der Waals surface area contributed by atoms with Gasteiger partial charge in [0.25, 0.3) is 5.78 Å². The molecular weight excluding hydrogens is 228 g/mol. The van der Waals surface area contributed by atoms with Crippen molar-refractivity contribution in [3.63, 3.8) is 0 Å². The maximum Gasteiger partial charge on any atom is 0.362 e. The van der Waals surface area contributed by atoms with Crippen LogP contribution in [0.1, 0.15) is 15.9 Å². The fourth-order valence-corrected chi connectivity index (χ4v) is 2.09. The van der Waals surface area contributed by atoms with Gasteiger partial charge in [0, 0.05) is 11.0 Å². The lowest BCUT2D eigenvalue weighted by Crippen LogP contribution is -2.20. The molecule has 1 aromatic carbocycles. The summed E-state index contributed by atoms with van der Waals surface area (Å²) in [4.78, 5) is 14.5. The Morgan fingerprint density at radius 2 is 2.06 bits per heavy atom. The molecule has 1 aliphatic carbocycles. The molecule has 0 bridgehead atoms. The minimum absolute atomic E-state index is 0.0473. The zero-order valence-electron chi connectivity index (χ0n) is 7.91. The fourth-order valence-electron chi connectivity index (χ4n) is 1.52. The average molecular weight is 233 g/mol. The highest BCUT2D eigenvalue weighted by Gasteiger charge is 2.28. The Morgan fingerprint density at radius 1 is 1.31 bits per heavy atom. The van der Waals surface area contributed by atoms with Crippen LogP contribution in [-0.4, -0.2) is 25.0 Å². The molecule has 6 heteroatoms. The molecule has 0 heterocycles. The first kappa shape index (κ1) is 10.6.